The summed E-state index contributed by atoms with van der Waals surface area (Å²) in [5.41, 5.74) is 0. The molecule has 0 radical (unpaired) electrons. The number of rotatable bonds is 3. The van der Waals surface area contributed by atoms with Crippen LogP contribution < -0.4 is 0 Å². The normalized spacial score (nSPS) is 34.1. The lowest BCUT2D eigenvalue weighted by molar-refractivity contribution is 0.0467. The van der Waals surface area contributed by atoms with Gasteiger partial charge in [0.15, 0.2) is 0 Å². The van der Waals surface area contributed by atoms with Gasteiger partial charge in [0.2, 0.25) is 0 Å². The van der Waals surface area contributed by atoms with Crippen molar-refractivity contribution in [2.45, 2.75) is 51.6 Å². The average molecular weight is 225 g/mol. The summed E-state index contributed by atoms with van der Waals surface area (Å²) < 4.78 is 5.43. The molecule has 2 nitrogen and oxygen atoms in total. The van der Waals surface area contributed by atoms with Crippen molar-refractivity contribution in [1.29, 1.82) is 0 Å². The van der Waals surface area contributed by atoms with Gasteiger partial charge in [0.05, 0.1) is 6.10 Å². The highest BCUT2D eigenvalue weighted by Gasteiger charge is 2.24. The third kappa shape index (κ3) is 3.46. The molecular formula is C14H27NO. The Morgan fingerprint density at radius 3 is 2.19 bits per heavy atom. The quantitative estimate of drug-likeness (QED) is 0.732. The van der Waals surface area contributed by atoms with Crippen LogP contribution in [0.1, 0.15) is 45.4 Å². The fourth-order valence-corrected chi connectivity index (χ4v) is 3.16. The summed E-state index contributed by atoms with van der Waals surface area (Å²) in [5.74, 6) is 1.90. The van der Waals surface area contributed by atoms with E-state index < -0.39 is 0 Å². The molecule has 94 valence electrons. The van der Waals surface area contributed by atoms with Gasteiger partial charge in [-0.3, -0.25) is 0 Å². The van der Waals surface area contributed by atoms with Crippen LogP contribution in [0.2, 0.25) is 0 Å². The minimum absolute atomic E-state index is 0.553. The van der Waals surface area contributed by atoms with Gasteiger partial charge in [-0.05, 0) is 63.5 Å². The third-order valence-corrected chi connectivity index (χ3v) is 4.52. The molecule has 0 aromatic rings. The molecular weight excluding hydrogens is 198 g/mol. The van der Waals surface area contributed by atoms with Crippen LogP contribution in [0.15, 0.2) is 0 Å². The highest BCUT2D eigenvalue weighted by atomic mass is 16.5. The first-order chi connectivity index (χ1) is 7.78. The summed E-state index contributed by atoms with van der Waals surface area (Å²) in [6.45, 7) is 6.42. The number of nitrogens with zero attached hydrogens (tertiary/aromatic N) is 1. The van der Waals surface area contributed by atoms with Gasteiger partial charge in [-0.2, -0.15) is 0 Å². The maximum absolute atomic E-state index is 5.43. The minimum atomic E-state index is 0.553. The van der Waals surface area contributed by atoms with Crippen LogP contribution in [0.25, 0.3) is 0 Å². The smallest absolute Gasteiger partial charge is 0.0571 e. The van der Waals surface area contributed by atoms with E-state index in [1.54, 1.807) is 0 Å². The Morgan fingerprint density at radius 2 is 1.62 bits per heavy atom. The van der Waals surface area contributed by atoms with E-state index in [0.717, 1.165) is 11.8 Å². The van der Waals surface area contributed by atoms with Crippen molar-refractivity contribution in [1.82, 2.24) is 4.90 Å². The third-order valence-electron chi connectivity index (χ3n) is 4.52. The molecule has 0 atom stereocenters. The van der Waals surface area contributed by atoms with Crippen LogP contribution in [0.3, 0.4) is 0 Å². The van der Waals surface area contributed by atoms with E-state index in [-0.39, 0.29) is 0 Å². The van der Waals surface area contributed by atoms with Gasteiger partial charge in [-0.15, -0.1) is 0 Å². The van der Waals surface area contributed by atoms with E-state index in [1.807, 2.05) is 7.11 Å². The molecule has 2 heteroatoms. The van der Waals surface area contributed by atoms with Crippen molar-refractivity contribution in [3.05, 3.63) is 0 Å². The van der Waals surface area contributed by atoms with Crippen LogP contribution >= 0.6 is 0 Å². The minimum Gasteiger partial charge on any atom is -0.381 e. The lowest BCUT2D eigenvalue weighted by Gasteiger charge is -2.35. The summed E-state index contributed by atoms with van der Waals surface area (Å²) in [7, 11) is 1.86. The molecule has 0 unspecified atom stereocenters. The molecule has 0 N–H and O–H groups in total. The summed E-state index contributed by atoms with van der Waals surface area (Å²) in [4.78, 5) is 2.69. The van der Waals surface area contributed by atoms with Crippen molar-refractivity contribution in [2.75, 3.05) is 26.7 Å². The second-order valence-corrected chi connectivity index (χ2v) is 5.86. The molecule has 1 heterocycles. The van der Waals surface area contributed by atoms with Gasteiger partial charge in [0.25, 0.3) is 0 Å². The van der Waals surface area contributed by atoms with E-state index in [2.05, 4.69) is 11.8 Å². The summed E-state index contributed by atoms with van der Waals surface area (Å²) in [5, 5.41) is 0. The molecule has 1 saturated heterocycles. The van der Waals surface area contributed by atoms with Crippen LogP contribution in [0.5, 0.6) is 0 Å². The molecule has 0 aromatic heterocycles. The van der Waals surface area contributed by atoms with Gasteiger partial charge >= 0.3 is 0 Å². The van der Waals surface area contributed by atoms with Gasteiger partial charge in [-0.25, -0.2) is 0 Å². The Morgan fingerprint density at radius 1 is 1.00 bits per heavy atom. The maximum Gasteiger partial charge on any atom is 0.0571 e. The molecule has 0 bridgehead atoms. The van der Waals surface area contributed by atoms with Crippen LogP contribution in [-0.2, 0) is 4.74 Å². The number of hydrogen-bond acceptors (Lipinski definition) is 2. The van der Waals surface area contributed by atoms with E-state index in [0.29, 0.717) is 6.10 Å². The number of likely N-dealkylation sites (tertiary alicyclic amines) is 1. The maximum atomic E-state index is 5.43. The first-order valence-electron chi connectivity index (χ1n) is 7.03. The molecule has 2 rings (SSSR count). The van der Waals surface area contributed by atoms with Crippen molar-refractivity contribution in [3.63, 3.8) is 0 Å². The Bertz CT molecular complexity index is 191. The fraction of sp³-hybridized carbons (Fsp3) is 1.00. The lowest BCUT2D eigenvalue weighted by atomic mass is 9.86. The van der Waals surface area contributed by atoms with Crippen LogP contribution in [0.4, 0.5) is 0 Å². The number of ether oxygens (including phenoxy) is 1. The van der Waals surface area contributed by atoms with Gasteiger partial charge < -0.3 is 9.64 Å². The van der Waals surface area contributed by atoms with Gasteiger partial charge in [-0.1, -0.05) is 6.92 Å². The Labute approximate surface area is 100 Å². The summed E-state index contributed by atoms with van der Waals surface area (Å²) in [6.07, 6.45) is 8.70. The lowest BCUT2D eigenvalue weighted by Crippen LogP contribution is -2.38. The van der Waals surface area contributed by atoms with Crippen molar-refractivity contribution in [2.24, 2.45) is 11.8 Å². The van der Waals surface area contributed by atoms with Gasteiger partial charge in [0, 0.05) is 13.7 Å². The predicted octanol–water partition coefficient (Wildman–Crippen LogP) is 2.92. The first kappa shape index (κ1) is 12.4. The van der Waals surface area contributed by atoms with Crippen LogP contribution in [0, 0.1) is 11.8 Å². The molecule has 0 amide bonds. The zero-order chi connectivity index (χ0) is 11.4. The Hall–Kier alpha value is -0.0800. The molecule has 0 spiro atoms. The highest BCUT2D eigenvalue weighted by Crippen LogP contribution is 2.27. The van der Waals surface area contributed by atoms with E-state index in [4.69, 9.17) is 4.74 Å². The van der Waals surface area contributed by atoms with Crippen molar-refractivity contribution in [3.8, 4) is 0 Å². The number of methoxy groups -OCH3 is 1. The Balaban J connectivity index is 1.66. The summed E-state index contributed by atoms with van der Waals surface area (Å²) in [6, 6.07) is 0. The van der Waals surface area contributed by atoms with Gasteiger partial charge in [0.1, 0.15) is 0 Å². The first-order valence-corrected chi connectivity index (χ1v) is 7.03. The zero-order valence-electron chi connectivity index (χ0n) is 11.0. The molecule has 0 aromatic carbocycles. The van der Waals surface area contributed by atoms with E-state index in [9.17, 15) is 0 Å². The SMILES string of the molecule is COC1CCC(CN2CCC(C)CC2)CC1. The Kier molecular flexibility index (Phi) is 4.66. The fourth-order valence-electron chi connectivity index (χ4n) is 3.16. The predicted molar refractivity (Wildman–Crippen MR) is 67.6 cm³/mol. The largest absolute Gasteiger partial charge is 0.381 e. The molecule has 16 heavy (non-hydrogen) atoms. The second-order valence-electron chi connectivity index (χ2n) is 5.86. The highest BCUT2D eigenvalue weighted by molar-refractivity contribution is 4.77. The number of hydrogen-bond donors (Lipinski definition) is 0. The number of piperidine rings is 1. The van der Waals surface area contributed by atoms with Crippen LogP contribution in [-0.4, -0.2) is 37.7 Å². The van der Waals surface area contributed by atoms with E-state index in [1.165, 1.54) is 58.2 Å². The second kappa shape index (κ2) is 6.02. The van der Waals surface area contributed by atoms with Crippen molar-refractivity contribution >= 4 is 0 Å². The molecule has 1 saturated carbocycles. The molecule has 1 aliphatic carbocycles. The monoisotopic (exact) mass is 225 g/mol. The van der Waals surface area contributed by atoms with Crippen molar-refractivity contribution < 1.29 is 4.74 Å². The summed E-state index contributed by atoms with van der Waals surface area (Å²) >= 11 is 0. The molecule has 2 aliphatic rings. The molecule has 1 aliphatic heterocycles. The average Bonchev–Trinajstić information content (AvgIpc) is 2.33. The standard InChI is InChI=1S/C14H27NO/c1-12-7-9-15(10-8-12)11-13-3-5-14(16-2)6-4-13/h12-14H,3-11H2,1-2H3. The zero-order valence-corrected chi connectivity index (χ0v) is 11.0. The molecule has 2 fully saturated rings. The van der Waals surface area contributed by atoms with E-state index >= 15 is 0 Å². The topological polar surface area (TPSA) is 12.5 Å².